The second-order valence-corrected chi connectivity index (χ2v) is 1.13. The van der Waals surface area contributed by atoms with E-state index in [1.54, 1.807) is 6.42 Å². The standard InChI is InChI=1S/C5H11O2/c1-2-7-5-3-4-6/h3,6H,2,4-5H2,1H3. The van der Waals surface area contributed by atoms with Gasteiger partial charge in [0.05, 0.1) is 6.61 Å². The lowest BCUT2D eigenvalue weighted by atomic mass is 10.5. The van der Waals surface area contributed by atoms with Crippen LogP contribution < -0.4 is 0 Å². The maximum Gasteiger partial charge on any atom is 0.0520 e. The topological polar surface area (TPSA) is 29.5 Å². The second-order valence-electron chi connectivity index (χ2n) is 1.13. The van der Waals surface area contributed by atoms with Crippen LogP contribution in [0, 0.1) is 6.42 Å². The summed E-state index contributed by atoms with van der Waals surface area (Å²) < 4.78 is 4.86. The summed E-state index contributed by atoms with van der Waals surface area (Å²) in [6, 6.07) is 0. The summed E-state index contributed by atoms with van der Waals surface area (Å²) in [6.45, 7) is 3.31. The number of hydrogen-bond donors (Lipinski definition) is 1. The molecule has 0 fully saturated rings. The van der Waals surface area contributed by atoms with Crippen LogP contribution in [0.5, 0.6) is 0 Å². The minimum absolute atomic E-state index is 0.111. The zero-order valence-corrected chi connectivity index (χ0v) is 4.55. The normalized spacial score (nSPS) is 9.43. The van der Waals surface area contributed by atoms with Crippen molar-refractivity contribution in [2.75, 3.05) is 19.8 Å². The fourth-order valence-electron chi connectivity index (χ4n) is 0.254. The number of ether oxygens (including phenoxy) is 1. The lowest BCUT2D eigenvalue weighted by Gasteiger charge is -1.94. The fourth-order valence-corrected chi connectivity index (χ4v) is 0.254. The molecular weight excluding hydrogens is 92.1 g/mol. The molecule has 0 aliphatic heterocycles. The summed E-state index contributed by atoms with van der Waals surface area (Å²) >= 11 is 0. The molecular formula is C5H11O2. The van der Waals surface area contributed by atoms with E-state index in [-0.39, 0.29) is 6.61 Å². The average molecular weight is 103 g/mol. The quantitative estimate of drug-likeness (QED) is 0.516. The molecule has 0 bridgehead atoms. The highest BCUT2D eigenvalue weighted by Crippen LogP contribution is 1.75. The van der Waals surface area contributed by atoms with E-state index >= 15 is 0 Å². The Kier molecular flexibility index (Phi) is 5.85. The molecule has 7 heavy (non-hydrogen) atoms. The van der Waals surface area contributed by atoms with Crippen LogP contribution in [0.25, 0.3) is 0 Å². The molecule has 0 aromatic heterocycles. The molecule has 0 saturated carbocycles. The molecule has 2 heteroatoms. The molecule has 0 aromatic carbocycles. The zero-order chi connectivity index (χ0) is 5.54. The summed E-state index contributed by atoms with van der Waals surface area (Å²) in [5.74, 6) is 0. The molecule has 0 spiro atoms. The largest absolute Gasteiger partial charge is 0.396 e. The van der Waals surface area contributed by atoms with Crippen LogP contribution in [0.15, 0.2) is 0 Å². The van der Waals surface area contributed by atoms with Crippen LogP contribution in [0.2, 0.25) is 0 Å². The van der Waals surface area contributed by atoms with Crippen molar-refractivity contribution in [1.82, 2.24) is 0 Å². The molecule has 1 radical (unpaired) electrons. The summed E-state index contributed by atoms with van der Waals surface area (Å²) in [7, 11) is 0. The Morgan fingerprint density at radius 2 is 2.43 bits per heavy atom. The molecule has 0 aliphatic rings. The summed E-state index contributed by atoms with van der Waals surface area (Å²) in [5.41, 5.74) is 0. The van der Waals surface area contributed by atoms with Crippen molar-refractivity contribution in [3.05, 3.63) is 6.42 Å². The van der Waals surface area contributed by atoms with Crippen LogP contribution >= 0.6 is 0 Å². The van der Waals surface area contributed by atoms with Gasteiger partial charge in [-0.1, -0.05) is 0 Å². The van der Waals surface area contributed by atoms with Gasteiger partial charge in [0.1, 0.15) is 0 Å². The smallest absolute Gasteiger partial charge is 0.0520 e. The third kappa shape index (κ3) is 5.92. The maximum absolute atomic E-state index is 8.16. The minimum Gasteiger partial charge on any atom is -0.396 e. The van der Waals surface area contributed by atoms with Crippen LogP contribution in [0.4, 0.5) is 0 Å². The second kappa shape index (κ2) is 5.92. The van der Waals surface area contributed by atoms with E-state index in [1.807, 2.05) is 6.92 Å². The van der Waals surface area contributed by atoms with Crippen LogP contribution in [0.1, 0.15) is 6.92 Å². The van der Waals surface area contributed by atoms with E-state index < -0.39 is 0 Å². The molecule has 0 atom stereocenters. The van der Waals surface area contributed by atoms with Crippen molar-refractivity contribution < 1.29 is 9.84 Å². The van der Waals surface area contributed by atoms with Crippen LogP contribution in [0.3, 0.4) is 0 Å². The van der Waals surface area contributed by atoms with Gasteiger partial charge in [0.15, 0.2) is 0 Å². The van der Waals surface area contributed by atoms with Gasteiger partial charge in [-0.2, -0.15) is 0 Å². The molecule has 0 aromatic rings. The Morgan fingerprint density at radius 1 is 1.71 bits per heavy atom. The first-order valence-corrected chi connectivity index (χ1v) is 2.42. The van der Waals surface area contributed by atoms with Gasteiger partial charge >= 0.3 is 0 Å². The van der Waals surface area contributed by atoms with Gasteiger partial charge in [-0.3, -0.25) is 0 Å². The number of aliphatic hydroxyl groups excluding tert-OH is 1. The predicted octanol–water partition coefficient (Wildman–Crippen LogP) is 0.219. The van der Waals surface area contributed by atoms with Crippen molar-refractivity contribution in [2.45, 2.75) is 6.92 Å². The first kappa shape index (κ1) is 6.92. The number of hydrogen-bond acceptors (Lipinski definition) is 2. The van der Waals surface area contributed by atoms with Gasteiger partial charge in [0.25, 0.3) is 0 Å². The molecule has 0 unspecified atom stereocenters. The SMILES string of the molecule is CCOC[CH]CO. The van der Waals surface area contributed by atoms with Crippen LogP contribution in [-0.2, 0) is 4.74 Å². The van der Waals surface area contributed by atoms with Gasteiger partial charge < -0.3 is 9.84 Å². The van der Waals surface area contributed by atoms with E-state index in [4.69, 9.17) is 9.84 Å². The highest BCUT2D eigenvalue weighted by Gasteiger charge is 1.80. The lowest BCUT2D eigenvalue weighted by molar-refractivity contribution is 0.157. The Labute approximate surface area is 44.1 Å². The third-order valence-electron chi connectivity index (χ3n) is 0.569. The Bertz CT molecular complexity index is 25.3. The molecule has 0 aliphatic carbocycles. The third-order valence-corrected chi connectivity index (χ3v) is 0.569. The van der Waals surface area contributed by atoms with Crippen LogP contribution in [-0.4, -0.2) is 24.9 Å². The van der Waals surface area contributed by atoms with Gasteiger partial charge in [-0.25, -0.2) is 0 Å². The molecule has 0 amide bonds. The predicted molar refractivity (Wildman–Crippen MR) is 27.9 cm³/mol. The van der Waals surface area contributed by atoms with Crippen molar-refractivity contribution in [2.24, 2.45) is 0 Å². The van der Waals surface area contributed by atoms with Crippen molar-refractivity contribution in [3.8, 4) is 0 Å². The molecule has 0 rings (SSSR count). The van der Waals surface area contributed by atoms with Crippen molar-refractivity contribution >= 4 is 0 Å². The molecule has 2 nitrogen and oxygen atoms in total. The van der Waals surface area contributed by atoms with E-state index in [0.29, 0.717) is 6.61 Å². The minimum atomic E-state index is 0.111. The maximum atomic E-state index is 8.16. The van der Waals surface area contributed by atoms with E-state index in [1.165, 1.54) is 0 Å². The summed E-state index contributed by atoms with van der Waals surface area (Å²) in [6.07, 6.45) is 1.67. The van der Waals surface area contributed by atoms with E-state index in [9.17, 15) is 0 Å². The van der Waals surface area contributed by atoms with Gasteiger partial charge in [0.2, 0.25) is 0 Å². The highest BCUT2D eigenvalue weighted by molar-refractivity contribution is 4.58. The van der Waals surface area contributed by atoms with Crippen molar-refractivity contribution in [1.29, 1.82) is 0 Å². The molecule has 43 valence electrons. The Morgan fingerprint density at radius 3 is 2.86 bits per heavy atom. The lowest BCUT2D eigenvalue weighted by Crippen LogP contribution is -1.96. The summed E-state index contributed by atoms with van der Waals surface area (Å²) in [5, 5.41) is 8.16. The first-order valence-electron chi connectivity index (χ1n) is 2.42. The zero-order valence-electron chi connectivity index (χ0n) is 4.55. The van der Waals surface area contributed by atoms with Gasteiger partial charge in [0, 0.05) is 19.6 Å². The monoisotopic (exact) mass is 103 g/mol. The first-order chi connectivity index (χ1) is 3.41. The fraction of sp³-hybridized carbons (Fsp3) is 0.800. The number of aliphatic hydroxyl groups is 1. The number of rotatable bonds is 4. The molecule has 0 heterocycles. The van der Waals surface area contributed by atoms with Crippen molar-refractivity contribution in [3.63, 3.8) is 0 Å². The van der Waals surface area contributed by atoms with Gasteiger partial charge in [-0.05, 0) is 6.92 Å². The Hall–Kier alpha value is -0.0800. The summed E-state index contributed by atoms with van der Waals surface area (Å²) in [4.78, 5) is 0. The van der Waals surface area contributed by atoms with Gasteiger partial charge in [-0.15, -0.1) is 0 Å². The van der Waals surface area contributed by atoms with E-state index in [2.05, 4.69) is 0 Å². The Balaban J connectivity index is 2.45. The molecule has 1 N–H and O–H groups in total. The van der Waals surface area contributed by atoms with E-state index in [0.717, 1.165) is 6.61 Å². The highest BCUT2D eigenvalue weighted by atomic mass is 16.5. The molecule has 0 saturated heterocycles. The average Bonchev–Trinajstić information content (AvgIpc) is 1.69.